The Labute approximate surface area is 138 Å². The van der Waals surface area contributed by atoms with Gasteiger partial charge in [0.25, 0.3) is 0 Å². The summed E-state index contributed by atoms with van der Waals surface area (Å²) in [5, 5.41) is 7.41. The molecule has 0 unspecified atom stereocenters. The second kappa shape index (κ2) is 7.07. The van der Waals surface area contributed by atoms with E-state index < -0.39 is 0 Å². The molecule has 0 aliphatic carbocycles. The second-order valence-electron chi connectivity index (χ2n) is 4.46. The molecule has 0 radical (unpaired) electrons. The van der Waals surface area contributed by atoms with Crippen LogP contribution in [0.4, 0.5) is 10.1 Å². The normalized spacial score (nSPS) is 10.3. The van der Waals surface area contributed by atoms with Crippen molar-refractivity contribution < 1.29 is 4.39 Å². The van der Waals surface area contributed by atoms with E-state index in [1.807, 2.05) is 25.1 Å². The van der Waals surface area contributed by atoms with Crippen LogP contribution in [0.3, 0.4) is 0 Å². The van der Waals surface area contributed by atoms with E-state index in [1.165, 1.54) is 6.07 Å². The number of hydrogen-bond acceptors (Lipinski definition) is 1. The summed E-state index contributed by atoms with van der Waals surface area (Å²) in [6, 6.07) is 10.0. The fourth-order valence-electron chi connectivity index (χ4n) is 1.75. The molecule has 0 bridgehead atoms. The highest BCUT2D eigenvalue weighted by molar-refractivity contribution is 7.80. The summed E-state index contributed by atoms with van der Waals surface area (Å²) >= 11 is 16.9. The van der Waals surface area contributed by atoms with Gasteiger partial charge in [-0.3, -0.25) is 0 Å². The molecular weight excluding hydrogens is 330 g/mol. The SMILES string of the molecule is Cc1c(Cl)cccc1NC(=S)NCc1ccc(Cl)cc1F. The van der Waals surface area contributed by atoms with Crippen molar-refractivity contribution in [1.29, 1.82) is 0 Å². The lowest BCUT2D eigenvalue weighted by atomic mass is 10.2. The van der Waals surface area contributed by atoms with Gasteiger partial charge in [0.15, 0.2) is 5.11 Å². The minimum absolute atomic E-state index is 0.272. The molecular formula is C15H13Cl2FN2S. The maximum Gasteiger partial charge on any atom is 0.171 e. The smallest absolute Gasteiger partial charge is 0.171 e. The zero-order chi connectivity index (χ0) is 15.4. The van der Waals surface area contributed by atoms with E-state index >= 15 is 0 Å². The lowest BCUT2D eigenvalue weighted by Crippen LogP contribution is -2.28. The number of halogens is 3. The molecule has 0 saturated heterocycles. The fourth-order valence-corrected chi connectivity index (χ4v) is 2.27. The summed E-state index contributed by atoms with van der Waals surface area (Å²) < 4.78 is 13.6. The van der Waals surface area contributed by atoms with Crippen LogP contribution in [0.25, 0.3) is 0 Å². The molecule has 0 aromatic heterocycles. The molecule has 0 spiro atoms. The first-order valence-corrected chi connectivity index (χ1v) is 7.37. The van der Waals surface area contributed by atoms with E-state index in [1.54, 1.807) is 12.1 Å². The van der Waals surface area contributed by atoms with E-state index in [9.17, 15) is 4.39 Å². The Morgan fingerprint density at radius 1 is 1.24 bits per heavy atom. The van der Waals surface area contributed by atoms with E-state index in [2.05, 4.69) is 10.6 Å². The van der Waals surface area contributed by atoms with Crippen molar-refractivity contribution in [2.24, 2.45) is 0 Å². The van der Waals surface area contributed by atoms with Gasteiger partial charge in [-0.05, 0) is 49.0 Å². The summed E-state index contributed by atoms with van der Waals surface area (Å²) in [6.45, 7) is 2.17. The largest absolute Gasteiger partial charge is 0.358 e. The summed E-state index contributed by atoms with van der Waals surface area (Å²) in [5.74, 6) is -0.364. The van der Waals surface area contributed by atoms with Gasteiger partial charge in [-0.2, -0.15) is 0 Å². The molecule has 2 nitrogen and oxygen atoms in total. The minimum Gasteiger partial charge on any atom is -0.358 e. The minimum atomic E-state index is -0.364. The van der Waals surface area contributed by atoms with Crippen LogP contribution in [0, 0.1) is 12.7 Å². The van der Waals surface area contributed by atoms with Gasteiger partial charge in [0.05, 0.1) is 0 Å². The first-order chi connectivity index (χ1) is 9.97. The van der Waals surface area contributed by atoms with Crippen molar-refractivity contribution in [2.75, 3.05) is 5.32 Å². The van der Waals surface area contributed by atoms with Crippen molar-refractivity contribution in [1.82, 2.24) is 5.32 Å². The Hall–Kier alpha value is -1.36. The highest BCUT2D eigenvalue weighted by atomic mass is 35.5. The van der Waals surface area contributed by atoms with Crippen molar-refractivity contribution >= 4 is 46.2 Å². The van der Waals surface area contributed by atoms with Gasteiger partial charge in [-0.15, -0.1) is 0 Å². The molecule has 0 saturated carbocycles. The second-order valence-corrected chi connectivity index (χ2v) is 5.71. The standard InChI is InChI=1S/C15H13Cl2FN2S/c1-9-12(17)3-2-4-14(9)20-15(21)19-8-10-5-6-11(16)7-13(10)18/h2-7H,8H2,1H3,(H2,19,20,21). The van der Waals surface area contributed by atoms with Crippen molar-refractivity contribution in [3.63, 3.8) is 0 Å². The van der Waals surface area contributed by atoms with Crippen LogP contribution in [0.2, 0.25) is 10.0 Å². The van der Waals surface area contributed by atoms with Gasteiger partial charge in [0.2, 0.25) is 0 Å². The van der Waals surface area contributed by atoms with E-state index in [0.717, 1.165) is 11.3 Å². The average molecular weight is 343 g/mol. The number of thiocarbonyl (C=S) groups is 1. The monoisotopic (exact) mass is 342 g/mol. The van der Waals surface area contributed by atoms with Gasteiger partial charge >= 0.3 is 0 Å². The van der Waals surface area contributed by atoms with Crippen LogP contribution in [0.5, 0.6) is 0 Å². The average Bonchev–Trinajstić information content (AvgIpc) is 2.43. The van der Waals surface area contributed by atoms with E-state index in [-0.39, 0.29) is 12.4 Å². The van der Waals surface area contributed by atoms with Crippen LogP contribution in [0.15, 0.2) is 36.4 Å². The predicted octanol–water partition coefficient (Wildman–Crippen LogP) is 4.93. The van der Waals surface area contributed by atoms with Gasteiger partial charge in [-0.1, -0.05) is 35.3 Å². The molecule has 2 aromatic carbocycles. The van der Waals surface area contributed by atoms with Crippen LogP contribution in [-0.4, -0.2) is 5.11 Å². The first kappa shape index (κ1) is 16.0. The molecule has 0 atom stereocenters. The molecule has 2 rings (SSSR count). The maximum absolute atomic E-state index is 13.6. The molecule has 0 heterocycles. The Morgan fingerprint density at radius 2 is 2.00 bits per heavy atom. The molecule has 6 heteroatoms. The Morgan fingerprint density at radius 3 is 2.71 bits per heavy atom. The molecule has 2 N–H and O–H groups in total. The highest BCUT2D eigenvalue weighted by Crippen LogP contribution is 2.22. The maximum atomic E-state index is 13.6. The van der Waals surface area contributed by atoms with Crippen LogP contribution in [0.1, 0.15) is 11.1 Å². The Kier molecular flexibility index (Phi) is 5.39. The highest BCUT2D eigenvalue weighted by Gasteiger charge is 2.06. The van der Waals surface area contributed by atoms with E-state index in [0.29, 0.717) is 20.7 Å². The summed E-state index contributed by atoms with van der Waals surface area (Å²) in [5.41, 5.74) is 2.21. The molecule has 110 valence electrons. The lowest BCUT2D eigenvalue weighted by Gasteiger charge is -2.13. The van der Waals surface area contributed by atoms with Crippen LogP contribution in [-0.2, 0) is 6.54 Å². The van der Waals surface area contributed by atoms with Gasteiger partial charge in [0, 0.05) is 27.8 Å². The number of benzene rings is 2. The number of anilines is 1. The van der Waals surface area contributed by atoms with E-state index in [4.69, 9.17) is 35.4 Å². The zero-order valence-corrected chi connectivity index (χ0v) is 13.5. The third kappa shape index (κ3) is 4.30. The topological polar surface area (TPSA) is 24.1 Å². The summed E-state index contributed by atoms with van der Waals surface area (Å²) in [6.07, 6.45) is 0. The van der Waals surface area contributed by atoms with Crippen molar-refractivity contribution in [3.8, 4) is 0 Å². The third-order valence-corrected chi connectivity index (χ3v) is 3.86. The number of hydrogen-bond donors (Lipinski definition) is 2. The molecule has 0 amide bonds. The molecule has 2 aromatic rings. The van der Waals surface area contributed by atoms with Crippen molar-refractivity contribution in [3.05, 3.63) is 63.4 Å². The van der Waals surface area contributed by atoms with Crippen LogP contribution < -0.4 is 10.6 Å². The predicted molar refractivity (Wildman–Crippen MR) is 90.7 cm³/mol. The summed E-state index contributed by atoms with van der Waals surface area (Å²) in [7, 11) is 0. The Balaban J connectivity index is 1.97. The molecule has 21 heavy (non-hydrogen) atoms. The van der Waals surface area contributed by atoms with Gasteiger partial charge in [0.1, 0.15) is 5.82 Å². The molecule has 0 fully saturated rings. The number of nitrogens with one attached hydrogen (secondary N) is 2. The fraction of sp³-hybridized carbons (Fsp3) is 0.133. The third-order valence-electron chi connectivity index (χ3n) is 2.97. The first-order valence-electron chi connectivity index (χ1n) is 6.21. The molecule has 0 aliphatic rings. The van der Waals surface area contributed by atoms with Crippen LogP contribution >= 0.6 is 35.4 Å². The molecule has 0 aliphatic heterocycles. The Bertz CT molecular complexity index is 677. The number of rotatable bonds is 3. The van der Waals surface area contributed by atoms with Gasteiger partial charge < -0.3 is 10.6 Å². The van der Waals surface area contributed by atoms with Gasteiger partial charge in [-0.25, -0.2) is 4.39 Å². The zero-order valence-electron chi connectivity index (χ0n) is 11.2. The quantitative estimate of drug-likeness (QED) is 0.773. The summed E-state index contributed by atoms with van der Waals surface area (Å²) in [4.78, 5) is 0. The lowest BCUT2D eigenvalue weighted by molar-refractivity contribution is 0.606. The van der Waals surface area contributed by atoms with Crippen molar-refractivity contribution in [2.45, 2.75) is 13.5 Å².